The first kappa shape index (κ1) is 15.4. The minimum atomic E-state index is -0.387. The molecule has 0 atom stereocenters. The molecular weight excluding hydrogens is 292 g/mol. The Hall–Kier alpha value is -2.47. The molecule has 3 rings (SSSR count). The van der Waals surface area contributed by atoms with E-state index < -0.39 is 0 Å². The van der Waals surface area contributed by atoms with Crippen LogP contribution in [0.2, 0.25) is 0 Å². The summed E-state index contributed by atoms with van der Waals surface area (Å²) in [6.45, 7) is 0. The zero-order valence-electron chi connectivity index (χ0n) is 13.1. The average molecular weight is 312 g/mol. The topological polar surface area (TPSA) is 93.9 Å². The summed E-state index contributed by atoms with van der Waals surface area (Å²) in [5.41, 5.74) is 7.77. The van der Waals surface area contributed by atoms with Crippen molar-refractivity contribution in [2.45, 2.75) is 31.2 Å². The maximum absolute atomic E-state index is 11.2. The van der Waals surface area contributed by atoms with E-state index in [4.69, 9.17) is 5.73 Å². The molecule has 23 heavy (non-hydrogen) atoms. The number of carbonyl (C=O) groups excluding carboxylic acids is 1. The Morgan fingerprint density at radius 1 is 1.39 bits per heavy atom. The van der Waals surface area contributed by atoms with Gasteiger partial charge in [0.05, 0.1) is 12.6 Å². The van der Waals surface area contributed by atoms with Crippen LogP contribution in [0.25, 0.3) is 17.5 Å². The van der Waals surface area contributed by atoms with E-state index in [1.165, 1.54) is 13.2 Å². The normalized spacial score (nSPS) is 16.8. The first-order valence-corrected chi connectivity index (χ1v) is 7.69. The lowest BCUT2D eigenvalue weighted by atomic mass is 9.98. The van der Waals surface area contributed by atoms with Crippen molar-refractivity contribution < 1.29 is 9.53 Å². The number of nitrogens with two attached hydrogens (primary N) is 1. The van der Waals surface area contributed by atoms with Gasteiger partial charge in [-0.15, -0.1) is 0 Å². The van der Waals surface area contributed by atoms with Gasteiger partial charge in [0.2, 0.25) is 0 Å². The van der Waals surface area contributed by atoms with Gasteiger partial charge >= 0.3 is 5.97 Å². The highest BCUT2D eigenvalue weighted by Crippen LogP contribution is 2.34. The summed E-state index contributed by atoms with van der Waals surface area (Å²) in [6.07, 6.45) is 7.20. The van der Waals surface area contributed by atoms with Gasteiger partial charge in [-0.1, -0.05) is 31.0 Å². The number of aromatic amines is 1. The second kappa shape index (κ2) is 6.34. The van der Waals surface area contributed by atoms with Crippen molar-refractivity contribution in [3.05, 3.63) is 41.7 Å². The van der Waals surface area contributed by atoms with Crippen molar-refractivity contribution in [3.8, 4) is 11.4 Å². The van der Waals surface area contributed by atoms with Crippen molar-refractivity contribution in [1.82, 2.24) is 15.2 Å². The van der Waals surface area contributed by atoms with Gasteiger partial charge in [0, 0.05) is 11.6 Å². The lowest BCUT2D eigenvalue weighted by Gasteiger charge is -2.19. The van der Waals surface area contributed by atoms with Crippen LogP contribution in [0, 0.1) is 0 Å². The first-order valence-electron chi connectivity index (χ1n) is 7.69. The van der Waals surface area contributed by atoms with Crippen LogP contribution in [0.4, 0.5) is 0 Å². The molecule has 0 radical (unpaired) electrons. The number of benzene rings is 1. The zero-order valence-corrected chi connectivity index (χ0v) is 13.1. The van der Waals surface area contributed by atoms with E-state index in [1.54, 1.807) is 6.08 Å². The van der Waals surface area contributed by atoms with E-state index in [9.17, 15) is 4.79 Å². The number of carbonyl (C=O) groups is 1. The first-order chi connectivity index (χ1) is 11.1. The molecule has 3 N–H and O–H groups in total. The standard InChI is InChI=1S/C17H20N4O2/c1-23-14(22)8-7-12-5-4-6-13(11-12)15-19-16(21-20-15)17(18)9-2-3-10-17/h4-8,11H,2-3,9-10,18H2,1H3,(H,19,20,21). The van der Waals surface area contributed by atoms with E-state index in [0.29, 0.717) is 5.82 Å². The van der Waals surface area contributed by atoms with Gasteiger partial charge in [-0.25, -0.2) is 9.78 Å². The smallest absolute Gasteiger partial charge is 0.330 e. The SMILES string of the molecule is COC(=O)C=Cc1cccc(-c2n[nH]c(C3(N)CCCC3)n2)c1. The summed E-state index contributed by atoms with van der Waals surface area (Å²) in [5, 5.41) is 7.28. The van der Waals surface area contributed by atoms with Gasteiger partial charge < -0.3 is 10.5 Å². The molecule has 1 aromatic heterocycles. The van der Waals surface area contributed by atoms with Crippen LogP contribution in [0.1, 0.15) is 37.1 Å². The predicted molar refractivity (Wildman–Crippen MR) is 87.2 cm³/mol. The molecule has 0 aliphatic heterocycles. The summed E-state index contributed by atoms with van der Waals surface area (Å²) < 4.78 is 4.59. The predicted octanol–water partition coefficient (Wildman–Crippen LogP) is 2.39. The number of hydrogen-bond acceptors (Lipinski definition) is 5. The molecule has 2 aromatic rings. The highest BCUT2D eigenvalue weighted by atomic mass is 16.5. The second-order valence-electron chi connectivity index (χ2n) is 5.85. The summed E-state index contributed by atoms with van der Waals surface area (Å²) in [5.74, 6) is 0.979. The van der Waals surface area contributed by atoms with Crippen LogP contribution < -0.4 is 5.73 Å². The summed E-state index contributed by atoms with van der Waals surface area (Å²) in [4.78, 5) is 15.8. The molecule has 0 unspecified atom stereocenters. The van der Waals surface area contributed by atoms with Crippen molar-refractivity contribution >= 4 is 12.0 Å². The number of methoxy groups -OCH3 is 1. The van der Waals surface area contributed by atoms with Crippen LogP contribution in [0.3, 0.4) is 0 Å². The second-order valence-corrected chi connectivity index (χ2v) is 5.85. The van der Waals surface area contributed by atoms with Gasteiger partial charge in [0.15, 0.2) is 5.82 Å². The monoisotopic (exact) mass is 312 g/mol. The maximum Gasteiger partial charge on any atom is 0.330 e. The van der Waals surface area contributed by atoms with Crippen molar-refractivity contribution in [1.29, 1.82) is 0 Å². The van der Waals surface area contributed by atoms with Crippen molar-refractivity contribution in [2.24, 2.45) is 5.73 Å². The fourth-order valence-electron chi connectivity index (χ4n) is 2.87. The fraction of sp³-hybridized carbons (Fsp3) is 0.353. The van der Waals surface area contributed by atoms with Gasteiger partial charge in [-0.05, 0) is 30.5 Å². The summed E-state index contributed by atoms with van der Waals surface area (Å²) >= 11 is 0. The fourth-order valence-corrected chi connectivity index (χ4v) is 2.87. The van der Waals surface area contributed by atoms with Gasteiger partial charge in [-0.3, -0.25) is 5.10 Å². The van der Waals surface area contributed by atoms with Crippen LogP contribution in [0.5, 0.6) is 0 Å². The maximum atomic E-state index is 11.2. The third-order valence-corrected chi connectivity index (χ3v) is 4.21. The molecule has 0 amide bonds. The van der Waals surface area contributed by atoms with Crippen molar-refractivity contribution in [2.75, 3.05) is 7.11 Å². The number of esters is 1. The average Bonchev–Trinajstić information content (AvgIpc) is 3.23. The molecule has 1 fully saturated rings. The molecule has 6 nitrogen and oxygen atoms in total. The Labute approximate surface area is 134 Å². The molecule has 1 aromatic carbocycles. The highest BCUT2D eigenvalue weighted by Gasteiger charge is 2.34. The Morgan fingerprint density at radius 3 is 2.91 bits per heavy atom. The van der Waals surface area contributed by atoms with Gasteiger partial charge in [0.25, 0.3) is 0 Å². The van der Waals surface area contributed by atoms with Crippen LogP contribution in [0.15, 0.2) is 30.3 Å². The van der Waals surface area contributed by atoms with Crippen molar-refractivity contribution in [3.63, 3.8) is 0 Å². The van der Waals surface area contributed by atoms with Crippen LogP contribution in [-0.4, -0.2) is 28.3 Å². The zero-order chi connectivity index (χ0) is 16.3. The third-order valence-electron chi connectivity index (χ3n) is 4.21. The number of ether oxygens (including phenoxy) is 1. The molecule has 1 aliphatic carbocycles. The minimum absolute atomic E-state index is 0.381. The largest absolute Gasteiger partial charge is 0.466 e. The molecule has 1 aliphatic rings. The van der Waals surface area contributed by atoms with Gasteiger partial charge in [0.1, 0.15) is 5.82 Å². The van der Waals surface area contributed by atoms with Crippen LogP contribution >= 0.6 is 0 Å². The Kier molecular flexibility index (Phi) is 4.25. The summed E-state index contributed by atoms with van der Waals surface area (Å²) in [7, 11) is 1.35. The van der Waals surface area contributed by atoms with E-state index in [-0.39, 0.29) is 11.5 Å². The Balaban J connectivity index is 1.84. The van der Waals surface area contributed by atoms with Gasteiger partial charge in [-0.2, -0.15) is 5.10 Å². The molecule has 120 valence electrons. The molecule has 0 bridgehead atoms. The number of rotatable bonds is 4. The Bertz CT molecular complexity index is 730. The quantitative estimate of drug-likeness (QED) is 0.668. The number of H-pyrrole nitrogens is 1. The van der Waals surface area contributed by atoms with Crippen LogP contribution in [-0.2, 0) is 15.1 Å². The lowest BCUT2D eigenvalue weighted by Crippen LogP contribution is -2.34. The summed E-state index contributed by atoms with van der Waals surface area (Å²) in [6, 6.07) is 7.65. The molecule has 0 saturated heterocycles. The lowest BCUT2D eigenvalue weighted by molar-refractivity contribution is -0.134. The molecule has 1 saturated carbocycles. The number of hydrogen-bond donors (Lipinski definition) is 2. The van der Waals surface area contributed by atoms with E-state index >= 15 is 0 Å². The van der Waals surface area contributed by atoms with E-state index in [1.807, 2.05) is 24.3 Å². The van der Waals surface area contributed by atoms with E-state index in [0.717, 1.165) is 42.6 Å². The third kappa shape index (κ3) is 3.32. The number of nitrogens with zero attached hydrogens (tertiary/aromatic N) is 2. The Morgan fingerprint density at radius 2 is 2.17 bits per heavy atom. The number of nitrogens with one attached hydrogen (secondary N) is 1. The molecule has 1 heterocycles. The molecule has 0 spiro atoms. The molecular formula is C17H20N4O2. The molecule has 6 heteroatoms. The minimum Gasteiger partial charge on any atom is -0.466 e. The highest BCUT2D eigenvalue weighted by molar-refractivity contribution is 5.87. The van der Waals surface area contributed by atoms with E-state index in [2.05, 4.69) is 19.9 Å². The number of aromatic nitrogens is 3.